The zero-order valence-electron chi connectivity index (χ0n) is 9.19. The summed E-state index contributed by atoms with van der Waals surface area (Å²) in [5.41, 5.74) is 5.84. The molecule has 1 aromatic heterocycles. The number of carbonyl (C=O) groups excluding carboxylic acids is 1. The van der Waals surface area contributed by atoms with Gasteiger partial charge in [0.05, 0.1) is 19.3 Å². The molecule has 0 unspecified atom stereocenters. The van der Waals surface area contributed by atoms with Gasteiger partial charge in [-0.05, 0) is 12.3 Å². The lowest BCUT2D eigenvalue weighted by atomic mass is 10.0. The molecule has 0 radical (unpaired) electrons. The molecule has 5 heteroatoms. The smallest absolute Gasteiger partial charge is 0.375 e. The number of nitrogens with zero attached hydrogens (tertiary/aromatic N) is 1. The minimum atomic E-state index is -0.537. The summed E-state index contributed by atoms with van der Waals surface area (Å²) in [6, 6.07) is -0.275. The molecule has 0 aromatic carbocycles. The van der Waals surface area contributed by atoms with Crippen LogP contribution in [0.5, 0.6) is 0 Å². The first kappa shape index (κ1) is 11.7. The molecule has 0 saturated carbocycles. The van der Waals surface area contributed by atoms with Crippen molar-refractivity contribution >= 4 is 5.97 Å². The third-order valence-electron chi connectivity index (χ3n) is 1.95. The fourth-order valence-electron chi connectivity index (χ4n) is 1.26. The summed E-state index contributed by atoms with van der Waals surface area (Å²) in [7, 11) is 1.29. The van der Waals surface area contributed by atoms with Crippen LogP contribution in [-0.2, 0) is 4.74 Å². The lowest BCUT2D eigenvalue weighted by Crippen LogP contribution is -2.13. The maximum Gasteiger partial charge on any atom is 0.375 e. The fourth-order valence-corrected chi connectivity index (χ4v) is 1.26. The molecule has 0 spiro atoms. The van der Waals surface area contributed by atoms with Crippen LogP contribution in [0.4, 0.5) is 0 Å². The summed E-state index contributed by atoms with van der Waals surface area (Å²) in [5, 5.41) is 0. The van der Waals surface area contributed by atoms with Crippen LogP contribution in [0.25, 0.3) is 0 Å². The van der Waals surface area contributed by atoms with Gasteiger partial charge in [-0.2, -0.15) is 0 Å². The molecule has 1 aromatic rings. The van der Waals surface area contributed by atoms with Gasteiger partial charge in [0.1, 0.15) is 0 Å². The Bertz CT molecular complexity index is 333. The zero-order chi connectivity index (χ0) is 11.4. The molecule has 5 nitrogen and oxygen atoms in total. The molecule has 15 heavy (non-hydrogen) atoms. The van der Waals surface area contributed by atoms with Crippen molar-refractivity contribution in [1.29, 1.82) is 0 Å². The minimum absolute atomic E-state index is 0.0895. The number of ether oxygens (including phenoxy) is 1. The number of carbonyl (C=O) groups is 1. The maximum absolute atomic E-state index is 11.1. The number of oxazole rings is 1. The molecule has 0 aliphatic rings. The summed E-state index contributed by atoms with van der Waals surface area (Å²) >= 11 is 0. The van der Waals surface area contributed by atoms with Crippen LogP contribution in [-0.4, -0.2) is 18.1 Å². The van der Waals surface area contributed by atoms with Gasteiger partial charge >= 0.3 is 5.97 Å². The van der Waals surface area contributed by atoms with Crippen molar-refractivity contribution in [2.24, 2.45) is 11.7 Å². The van der Waals surface area contributed by atoms with Crippen LogP contribution < -0.4 is 5.73 Å². The Labute approximate surface area is 88.6 Å². The van der Waals surface area contributed by atoms with E-state index in [9.17, 15) is 4.79 Å². The Kier molecular flexibility index (Phi) is 3.85. The molecule has 0 saturated heterocycles. The Balaban J connectivity index is 2.71. The van der Waals surface area contributed by atoms with E-state index in [1.807, 2.05) is 0 Å². The molecule has 1 heterocycles. The molecule has 0 aliphatic carbocycles. The summed E-state index contributed by atoms with van der Waals surface area (Å²) < 4.78 is 9.69. The Morgan fingerprint density at radius 1 is 1.67 bits per heavy atom. The summed E-state index contributed by atoms with van der Waals surface area (Å²) in [6.45, 7) is 4.12. The van der Waals surface area contributed by atoms with E-state index >= 15 is 0 Å². The molecule has 0 fully saturated rings. The second-order valence-electron chi connectivity index (χ2n) is 3.79. The van der Waals surface area contributed by atoms with Crippen molar-refractivity contribution in [3.8, 4) is 0 Å². The van der Waals surface area contributed by atoms with Crippen LogP contribution >= 0.6 is 0 Å². The van der Waals surface area contributed by atoms with Gasteiger partial charge in [0.15, 0.2) is 0 Å². The predicted octanol–water partition coefficient (Wildman–Crippen LogP) is 1.51. The van der Waals surface area contributed by atoms with E-state index in [0.29, 0.717) is 11.8 Å². The minimum Gasteiger partial charge on any atom is -0.463 e. The SMILES string of the molecule is COC(=O)c1cnc([C@H](N)CC(C)C)o1. The topological polar surface area (TPSA) is 78.3 Å². The lowest BCUT2D eigenvalue weighted by molar-refractivity contribution is 0.0562. The van der Waals surface area contributed by atoms with Gasteiger partial charge in [-0.25, -0.2) is 9.78 Å². The Morgan fingerprint density at radius 3 is 2.87 bits per heavy atom. The van der Waals surface area contributed by atoms with Crippen LogP contribution in [0.3, 0.4) is 0 Å². The maximum atomic E-state index is 11.1. The molecule has 1 rings (SSSR count). The molecule has 0 bridgehead atoms. The average Bonchev–Trinajstić information content (AvgIpc) is 2.64. The highest BCUT2D eigenvalue weighted by atomic mass is 16.5. The molecule has 0 aliphatic heterocycles. The van der Waals surface area contributed by atoms with Gasteiger partial charge in [0.2, 0.25) is 11.7 Å². The largest absolute Gasteiger partial charge is 0.463 e. The van der Waals surface area contributed by atoms with Crippen LogP contribution in [0.1, 0.15) is 42.8 Å². The number of nitrogens with two attached hydrogens (primary N) is 1. The molecule has 0 amide bonds. The first-order valence-electron chi connectivity index (χ1n) is 4.84. The number of methoxy groups -OCH3 is 1. The molecule has 2 N–H and O–H groups in total. The van der Waals surface area contributed by atoms with Gasteiger partial charge in [0.25, 0.3) is 0 Å². The van der Waals surface area contributed by atoms with Crippen molar-refractivity contribution in [3.05, 3.63) is 17.8 Å². The standard InChI is InChI=1S/C10H16N2O3/c1-6(2)4-7(11)9-12-5-8(15-9)10(13)14-3/h5-7H,4,11H2,1-3H3/t7-/m1/s1. The second-order valence-corrected chi connectivity index (χ2v) is 3.79. The van der Waals surface area contributed by atoms with Crippen molar-refractivity contribution in [2.75, 3.05) is 7.11 Å². The molecule has 84 valence electrons. The normalized spacial score (nSPS) is 12.9. The van der Waals surface area contributed by atoms with E-state index in [2.05, 4.69) is 23.6 Å². The van der Waals surface area contributed by atoms with E-state index in [4.69, 9.17) is 10.2 Å². The van der Waals surface area contributed by atoms with Crippen molar-refractivity contribution in [3.63, 3.8) is 0 Å². The van der Waals surface area contributed by atoms with E-state index in [-0.39, 0.29) is 11.8 Å². The van der Waals surface area contributed by atoms with Gasteiger partial charge < -0.3 is 14.9 Å². The summed E-state index contributed by atoms with van der Waals surface area (Å²) in [4.78, 5) is 15.0. The molecular weight excluding hydrogens is 196 g/mol. The Morgan fingerprint density at radius 2 is 2.33 bits per heavy atom. The van der Waals surface area contributed by atoms with Crippen molar-refractivity contribution in [2.45, 2.75) is 26.3 Å². The van der Waals surface area contributed by atoms with Crippen LogP contribution in [0.2, 0.25) is 0 Å². The Hall–Kier alpha value is -1.36. The van der Waals surface area contributed by atoms with E-state index in [1.165, 1.54) is 13.3 Å². The van der Waals surface area contributed by atoms with E-state index in [0.717, 1.165) is 6.42 Å². The number of aromatic nitrogens is 1. The first-order valence-corrected chi connectivity index (χ1v) is 4.84. The highest BCUT2D eigenvalue weighted by Gasteiger charge is 2.17. The molecule has 1 atom stereocenters. The number of rotatable bonds is 4. The van der Waals surface area contributed by atoms with Gasteiger partial charge in [0, 0.05) is 0 Å². The average molecular weight is 212 g/mol. The third kappa shape index (κ3) is 3.06. The predicted molar refractivity (Wildman–Crippen MR) is 54.2 cm³/mol. The van der Waals surface area contributed by atoms with Gasteiger partial charge in [-0.1, -0.05) is 13.8 Å². The highest BCUT2D eigenvalue weighted by Crippen LogP contribution is 2.18. The lowest BCUT2D eigenvalue weighted by Gasteiger charge is -2.09. The quantitative estimate of drug-likeness (QED) is 0.765. The fraction of sp³-hybridized carbons (Fsp3) is 0.600. The van der Waals surface area contributed by atoms with E-state index < -0.39 is 5.97 Å². The molecular formula is C10H16N2O3. The first-order chi connectivity index (χ1) is 7.04. The third-order valence-corrected chi connectivity index (χ3v) is 1.95. The van der Waals surface area contributed by atoms with Gasteiger partial charge in [-0.15, -0.1) is 0 Å². The second kappa shape index (κ2) is 4.93. The highest BCUT2D eigenvalue weighted by molar-refractivity contribution is 5.85. The monoisotopic (exact) mass is 212 g/mol. The number of hydrogen-bond acceptors (Lipinski definition) is 5. The van der Waals surface area contributed by atoms with E-state index in [1.54, 1.807) is 0 Å². The van der Waals surface area contributed by atoms with Crippen molar-refractivity contribution in [1.82, 2.24) is 4.98 Å². The number of esters is 1. The van der Waals surface area contributed by atoms with Gasteiger partial charge in [-0.3, -0.25) is 0 Å². The summed E-state index contributed by atoms with van der Waals surface area (Å²) in [5.74, 6) is 0.384. The number of hydrogen-bond donors (Lipinski definition) is 1. The van der Waals surface area contributed by atoms with Crippen LogP contribution in [0.15, 0.2) is 10.6 Å². The van der Waals surface area contributed by atoms with Crippen molar-refractivity contribution < 1.29 is 13.9 Å². The zero-order valence-corrected chi connectivity index (χ0v) is 9.19. The van der Waals surface area contributed by atoms with Crippen LogP contribution in [0, 0.1) is 5.92 Å². The summed E-state index contributed by atoms with van der Waals surface area (Å²) in [6.07, 6.45) is 2.10.